The molecule has 4 rings (SSSR count). The van der Waals surface area contributed by atoms with Gasteiger partial charge in [0.25, 0.3) is 0 Å². The third-order valence-electron chi connectivity index (χ3n) is 5.04. The summed E-state index contributed by atoms with van der Waals surface area (Å²) in [6.45, 7) is 6.06. The van der Waals surface area contributed by atoms with E-state index in [2.05, 4.69) is 95.5 Å². The van der Waals surface area contributed by atoms with Crippen LogP contribution in [-0.4, -0.2) is 21.1 Å². The molecule has 1 aliphatic heterocycles. The molecule has 1 aliphatic rings. The Kier molecular flexibility index (Phi) is 4.51. The molecule has 3 nitrogen and oxygen atoms in total. The molecule has 0 fully saturated rings. The van der Waals surface area contributed by atoms with Crippen molar-refractivity contribution in [3.63, 3.8) is 0 Å². The van der Waals surface area contributed by atoms with Gasteiger partial charge in [-0.1, -0.05) is 48.0 Å². The van der Waals surface area contributed by atoms with Gasteiger partial charge in [-0.05, 0) is 55.4 Å². The smallest absolute Gasteiger partial charge is 0.174 e. The van der Waals surface area contributed by atoms with Crippen LogP contribution in [0.25, 0.3) is 0 Å². The van der Waals surface area contributed by atoms with Crippen molar-refractivity contribution in [2.75, 3.05) is 11.9 Å². The summed E-state index contributed by atoms with van der Waals surface area (Å²) in [5, 5.41) is 4.25. The third kappa shape index (κ3) is 3.13. The highest BCUT2D eigenvalue weighted by atomic mass is 32.1. The quantitative estimate of drug-likeness (QED) is 0.655. The van der Waals surface area contributed by atoms with Crippen LogP contribution in [0, 0.1) is 13.8 Å². The molecule has 0 saturated carbocycles. The Bertz CT molecular complexity index is 930. The van der Waals surface area contributed by atoms with Crippen molar-refractivity contribution in [3.05, 3.63) is 89.2 Å². The molecule has 0 spiro atoms. The second-order valence-electron chi connectivity index (χ2n) is 6.88. The molecule has 2 heterocycles. The maximum Gasteiger partial charge on any atom is 0.174 e. The molecule has 0 amide bonds. The SMILES string of the molecule is Cc1ccc(NC(=S)N2CCn3cccc3[C@H]2c2ccccc2)c(C)c1. The third-order valence-corrected chi connectivity index (χ3v) is 5.37. The van der Waals surface area contributed by atoms with Gasteiger partial charge < -0.3 is 14.8 Å². The number of thiocarbonyl (C=S) groups is 1. The lowest BCUT2D eigenvalue weighted by Crippen LogP contribution is -2.44. The first-order valence-electron chi connectivity index (χ1n) is 8.98. The van der Waals surface area contributed by atoms with E-state index in [4.69, 9.17) is 12.2 Å². The van der Waals surface area contributed by atoms with Crippen LogP contribution in [0.5, 0.6) is 0 Å². The lowest BCUT2D eigenvalue weighted by Gasteiger charge is -2.39. The zero-order valence-electron chi connectivity index (χ0n) is 15.1. The summed E-state index contributed by atoms with van der Waals surface area (Å²) in [4.78, 5) is 2.30. The maximum atomic E-state index is 5.83. The van der Waals surface area contributed by atoms with Crippen molar-refractivity contribution in [1.29, 1.82) is 0 Å². The molecule has 4 heteroatoms. The summed E-state index contributed by atoms with van der Waals surface area (Å²) in [5.74, 6) is 0. The molecule has 2 aromatic carbocycles. The minimum Gasteiger partial charge on any atom is -0.348 e. The van der Waals surface area contributed by atoms with Crippen molar-refractivity contribution in [2.24, 2.45) is 0 Å². The summed E-state index contributed by atoms with van der Waals surface area (Å²) < 4.78 is 2.33. The van der Waals surface area contributed by atoms with E-state index in [1.54, 1.807) is 0 Å². The molecule has 0 aliphatic carbocycles. The van der Waals surface area contributed by atoms with E-state index in [9.17, 15) is 0 Å². The Morgan fingerprint density at radius 2 is 1.81 bits per heavy atom. The standard InChI is InChI=1S/C22H23N3S/c1-16-10-11-19(17(2)15-16)23-22(26)25-14-13-24-12-6-9-20(24)21(25)18-7-4-3-5-8-18/h3-12,15,21H,13-14H2,1-2H3,(H,23,26)/t21-/m1/s1. The number of hydrogen-bond acceptors (Lipinski definition) is 1. The Balaban J connectivity index is 1.67. The number of aromatic nitrogens is 1. The number of nitrogens with zero attached hydrogens (tertiary/aromatic N) is 2. The van der Waals surface area contributed by atoms with Crippen molar-refractivity contribution < 1.29 is 0 Å². The van der Waals surface area contributed by atoms with Crippen molar-refractivity contribution in [3.8, 4) is 0 Å². The first-order chi connectivity index (χ1) is 12.6. The molecule has 0 unspecified atom stereocenters. The molecule has 0 radical (unpaired) electrons. The van der Waals surface area contributed by atoms with Gasteiger partial charge in [-0.15, -0.1) is 0 Å². The minimum atomic E-state index is 0.130. The maximum absolute atomic E-state index is 5.83. The van der Waals surface area contributed by atoms with Gasteiger partial charge in [-0.2, -0.15) is 0 Å². The molecule has 1 atom stereocenters. The Morgan fingerprint density at radius 3 is 2.58 bits per heavy atom. The molecular formula is C22H23N3S. The fourth-order valence-electron chi connectivity index (χ4n) is 3.73. The first-order valence-corrected chi connectivity index (χ1v) is 9.39. The van der Waals surface area contributed by atoms with Crippen molar-refractivity contribution in [2.45, 2.75) is 26.4 Å². The average molecular weight is 362 g/mol. The Labute approximate surface area is 160 Å². The Hall–Kier alpha value is -2.59. The van der Waals surface area contributed by atoms with Crippen LogP contribution in [0.4, 0.5) is 5.69 Å². The van der Waals surface area contributed by atoms with Crippen LogP contribution < -0.4 is 5.32 Å². The first kappa shape index (κ1) is 16.9. The van der Waals surface area contributed by atoms with Gasteiger partial charge in [-0.3, -0.25) is 0 Å². The summed E-state index contributed by atoms with van der Waals surface area (Å²) in [7, 11) is 0. The fourth-order valence-corrected chi connectivity index (χ4v) is 4.04. The monoisotopic (exact) mass is 361 g/mol. The van der Waals surface area contributed by atoms with E-state index < -0.39 is 0 Å². The number of aryl methyl sites for hydroxylation is 2. The predicted molar refractivity (Wildman–Crippen MR) is 112 cm³/mol. The second kappa shape index (κ2) is 6.96. The Morgan fingerprint density at radius 1 is 1.00 bits per heavy atom. The van der Waals surface area contributed by atoms with E-state index in [1.165, 1.54) is 22.4 Å². The summed E-state index contributed by atoms with van der Waals surface area (Å²) >= 11 is 5.83. The lowest BCUT2D eigenvalue weighted by molar-refractivity contribution is 0.293. The molecule has 26 heavy (non-hydrogen) atoms. The van der Waals surface area contributed by atoms with Gasteiger partial charge in [0.05, 0.1) is 6.04 Å². The predicted octanol–water partition coefficient (Wildman–Crippen LogP) is 4.91. The van der Waals surface area contributed by atoms with Crippen LogP contribution in [-0.2, 0) is 6.54 Å². The molecule has 0 saturated heterocycles. The zero-order valence-corrected chi connectivity index (χ0v) is 16.0. The van der Waals surface area contributed by atoms with Gasteiger partial charge in [0.15, 0.2) is 5.11 Å². The van der Waals surface area contributed by atoms with Crippen LogP contribution >= 0.6 is 12.2 Å². The van der Waals surface area contributed by atoms with Gasteiger partial charge in [0.2, 0.25) is 0 Å². The van der Waals surface area contributed by atoms with Crippen LogP contribution in [0.15, 0.2) is 66.9 Å². The molecule has 0 bridgehead atoms. The van der Waals surface area contributed by atoms with E-state index in [1.807, 2.05) is 0 Å². The number of anilines is 1. The lowest BCUT2D eigenvalue weighted by atomic mass is 10.0. The van der Waals surface area contributed by atoms with Crippen LogP contribution in [0.1, 0.15) is 28.4 Å². The van der Waals surface area contributed by atoms with Crippen LogP contribution in [0.2, 0.25) is 0 Å². The van der Waals surface area contributed by atoms with E-state index >= 15 is 0 Å². The highest BCUT2D eigenvalue weighted by molar-refractivity contribution is 7.80. The number of rotatable bonds is 2. The molecular weight excluding hydrogens is 338 g/mol. The number of nitrogens with one attached hydrogen (secondary N) is 1. The molecule has 1 aromatic heterocycles. The van der Waals surface area contributed by atoms with Crippen molar-refractivity contribution >= 4 is 23.0 Å². The van der Waals surface area contributed by atoms with Crippen LogP contribution in [0.3, 0.4) is 0 Å². The van der Waals surface area contributed by atoms with Gasteiger partial charge in [0, 0.05) is 30.7 Å². The van der Waals surface area contributed by atoms with Gasteiger partial charge >= 0.3 is 0 Å². The van der Waals surface area contributed by atoms with E-state index in [0.29, 0.717) is 0 Å². The number of hydrogen-bond donors (Lipinski definition) is 1. The second-order valence-corrected chi connectivity index (χ2v) is 7.27. The summed E-state index contributed by atoms with van der Waals surface area (Å²) in [6, 6.07) is 21.5. The van der Waals surface area contributed by atoms with Crippen molar-refractivity contribution in [1.82, 2.24) is 9.47 Å². The fraction of sp³-hybridized carbons (Fsp3) is 0.227. The van der Waals surface area contributed by atoms with E-state index in [0.717, 1.165) is 23.9 Å². The topological polar surface area (TPSA) is 20.2 Å². The zero-order chi connectivity index (χ0) is 18.1. The molecule has 132 valence electrons. The summed E-state index contributed by atoms with van der Waals surface area (Å²) in [6.07, 6.45) is 2.16. The normalized spacial score (nSPS) is 16.2. The highest BCUT2D eigenvalue weighted by Gasteiger charge is 2.30. The molecule has 3 aromatic rings. The summed E-state index contributed by atoms with van der Waals surface area (Å²) in [5.41, 5.74) is 6.10. The average Bonchev–Trinajstić information content (AvgIpc) is 3.12. The van der Waals surface area contributed by atoms with E-state index in [-0.39, 0.29) is 6.04 Å². The molecule has 1 N–H and O–H groups in total. The number of benzene rings is 2. The van der Waals surface area contributed by atoms with Gasteiger partial charge in [-0.25, -0.2) is 0 Å². The highest BCUT2D eigenvalue weighted by Crippen LogP contribution is 2.33. The number of fused-ring (bicyclic) bond motifs is 1. The van der Waals surface area contributed by atoms with Gasteiger partial charge in [0.1, 0.15) is 0 Å². The largest absolute Gasteiger partial charge is 0.348 e. The minimum absolute atomic E-state index is 0.130.